The maximum Gasteiger partial charge on any atom is 0.323 e. The second-order valence-corrected chi connectivity index (χ2v) is 5.66. The SMILES string of the molecule is Cc1cc(NC(=O)Nc2ccc([N+](=O)[O-])cc2C)c2ccccc2n1. The van der Waals surface area contributed by atoms with Crippen molar-refractivity contribution in [3.05, 3.63) is 69.9 Å². The minimum Gasteiger partial charge on any atom is -0.307 e. The summed E-state index contributed by atoms with van der Waals surface area (Å²) in [6.45, 7) is 3.56. The van der Waals surface area contributed by atoms with Crippen molar-refractivity contribution in [2.24, 2.45) is 0 Å². The number of nitrogens with one attached hydrogen (secondary N) is 2. The summed E-state index contributed by atoms with van der Waals surface area (Å²) in [6.07, 6.45) is 0. The number of hydrogen-bond donors (Lipinski definition) is 2. The van der Waals surface area contributed by atoms with Crippen LogP contribution in [0.25, 0.3) is 10.9 Å². The van der Waals surface area contributed by atoms with Crippen LogP contribution in [0.5, 0.6) is 0 Å². The highest BCUT2D eigenvalue weighted by atomic mass is 16.6. The predicted octanol–water partition coefficient (Wildman–Crippen LogP) is 4.40. The first-order valence-electron chi connectivity index (χ1n) is 7.63. The van der Waals surface area contributed by atoms with E-state index in [0.717, 1.165) is 16.6 Å². The van der Waals surface area contributed by atoms with Crippen molar-refractivity contribution < 1.29 is 9.72 Å². The molecule has 3 rings (SSSR count). The zero-order chi connectivity index (χ0) is 18.0. The van der Waals surface area contributed by atoms with Crippen LogP contribution in [0.3, 0.4) is 0 Å². The summed E-state index contributed by atoms with van der Waals surface area (Å²) in [7, 11) is 0. The Balaban J connectivity index is 1.83. The Kier molecular flexibility index (Phi) is 4.30. The molecule has 7 nitrogen and oxygen atoms in total. The van der Waals surface area contributed by atoms with E-state index in [1.807, 2.05) is 31.2 Å². The largest absolute Gasteiger partial charge is 0.323 e. The molecule has 0 aliphatic carbocycles. The van der Waals surface area contributed by atoms with E-state index in [4.69, 9.17) is 0 Å². The molecule has 7 heteroatoms. The summed E-state index contributed by atoms with van der Waals surface area (Å²) in [4.78, 5) is 27.1. The number of anilines is 2. The van der Waals surface area contributed by atoms with E-state index < -0.39 is 11.0 Å². The monoisotopic (exact) mass is 336 g/mol. The molecule has 0 saturated carbocycles. The normalized spacial score (nSPS) is 10.5. The molecule has 126 valence electrons. The van der Waals surface area contributed by atoms with Crippen molar-refractivity contribution in [1.82, 2.24) is 4.98 Å². The van der Waals surface area contributed by atoms with Gasteiger partial charge < -0.3 is 10.6 Å². The van der Waals surface area contributed by atoms with Crippen molar-refractivity contribution in [3.63, 3.8) is 0 Å². The number of para-hydroxylation sites is 1. The number of nitro groups is 1. The smallest absolute Gasteiger partial charge is 0.307 e. The van der Waals surface area contributed by atoms with Gasteiger partial charge in [-0.25, -0.2) is 4.79 Å². The molecule has 0 saturated heterocycles. The van der Waals surface area contributed by atoms with Gasteiger partial charge in [-0.1, -0.05) is 18.2 Å². The van der Waals surface area contributed by atoms with Crippen LogP contribution in [0.4, 0.5) is 21.9 Å². The number of non-ortho nitro benzene ring substituents is 1. The number of nitro benzene ring substituents is 1. The first kappa shape index (κ1) is 16.4. The number of rotatable bonds is 3. The molecule has 2 aromatic carbocycles. The van der Waals surface area contributed by atoms with Gasteiger partial charge in [0.1, 0.15) is 0 Å². The third-order valence-electron chi connectivity index (χ3n) is 3.76. The summed E-state index contributed by atoms with van der Waals surface area (Å²) in [6, 6.07) is 13.2. The van der Waals surface area contributed by atoms with Gasteiger partial charge in [-0.05, 0) is 37.6 Å². The van der Waals surface area contributed by atoms with Crippen molar-refractivity contribution in [3.8, 4) is 0 Å². The molecule has 1 aromatic heterocycles. The average Bonchev–Trinajstić information content (AvgIpc) is 2.56. The Labute approximate surface area is 143 Å². The molecule has 3 aromatic rings. The highest BCUT2D eigenvalue weighted by molar-refractivity contribution is 6.05. The fourth-order valence-corrected chi connectivity index (χ4v) is 2.59. The van der Waals surface area contributed by atoms with Gasteiger partial charge >= 0.3 is 6.03 Å². The van der Waals surface area contributed by atoms with Gasteiger partial charge in [-0.3, -0.25) is 15.1 Å². The zero-order valence-electron chi connectivity index (χ0n) is 13.7. The van der Waals surface area contributed by atoms with E-state index in [9.17, 15) is 14.9 Å². The van der Waals surface area contributed by atoms with E-state index in [2.05, 4.69) is 15.6 Å². The van der Waals surface area contributed by atoms with Gasteiger partial charge in [0.25, 0.3) is 5.69 Å². The highest BCUT2D eigenvalue weighted by Gasteiger charge is 2.12. The van der Waals surface area contributed by atoms with Crippen molar-refractivity contribution in [2.45, 2.75) is 13.8 Å². The zero-order valence-corrected chi connectivity index (χ0v) is 13.7. The highest BCUT2D eigenvalue weighted by Crippen LogP contribution is 2.24. The van der Waals surface area contributed by atoms with Gasteiger partial charge in [0.05, 0.1) is 16.1 Å². The first-order valence-corrected chi connectivity index (χ1v) is 7.63. The van der Waals surface area contributed by atoms with Crippen LogP contribution >= 0.6 is 0 Å². The lowest BCUT2D eigenvalue weighted by atomic mass is 10.1. The standard InChI is InChI=1S/C18H16N4O3/c1-11-9-13(22(24)25)7-8-15(11)20-18(23)21-17-10-12(2)19-16-6-4-3-5-14(16)17/h3-10H,1-2H3,(H2,19,20,21,23). The third-order valence-corrected chi connectivity index (χ3v) is 3.76. The summed E-state index contributed by atoms with van der Waals surface area (Å²) < 4.78 is 0. The van der Waals surface area contributed by atoms with E-state index in [1.54, 1.807) is 13.0 Å². The number of carbonyl (C=O) groups excluding carboxylic acids is 1. The molecule has 0 bridgehead atoms. The molecule has 0 aliphatic heterocycles. The molecule has 0 spiro atoms. The van der Waals surface area contributed by atoms with Crippen LogP contribution in [0.2, 0.25) is 0 Å². The number of carbonyl (C=O) groups is 1. The lowest BCUT2D eigenvalue weighted by molar-refractivity contribution is -0.384. The molecule has 0 radical (unpaired) electrons. The van der Waals surface area contributed by atoms with Gasteiger partial charge in [0, 0.05) is 28.9 Å². The topological polar surface area (TPSA) is 97.2 Å². The number of aromatic nitrogens is 1. The number of urea groups is 1. The number of benzene rings is 2. The van der Waals surface area contributed by atoms with Gasteiger partial charge in [0.15, 0.2) is 0 Å². The van der Waals surface area contributed by atoms with Crippen LogP contribution in [0, 0.1) is 24.0 Å². The molecule has 0 unspecified atom stereocenters. The lowest BCUT2D eigenvalue weighted by Gasteiger charge is -2.12. The number of aryl methyl sites for hydroxylation is 2. The van der Waals surface area contributed by atoms with Gasteiger partial charge in [-0.2, -0.15) is 0 Å². The van der Waals surface area contributed by atoms with Crippen molar-refractivity contribution in [1.29, 1.82) is 0 Å². The molecule has 2 N–H and O–H groups in total. The maximum absolute atomic E-state index is 12.3. The molecule has 25 heavy (non-hydrogen) atoms. The van der Waals surface area contributed by atoms with Gasteiger partial charge in [-0.15, -0.1) is 0 Å². The molecule has 1 heterocycles. The Hall–Kier alpha value is -3.48. The molecule has 2 amide bonds. The summed E-state index contributed by atoms with van der Waals surface area (Å²) in [5, 5.41) is 17.2. The molecular weight excluding hydrogens is 320 g/mol. The second kappa shape index (κ2) is 6.56. The Bertz CT molecular complexity index is 985. The number of nitrogens with zero attached hydrogens (tertiary/aromatic N) is 2. The minimum atomic E-state index is -0.470. The number of pyridine rings is 1. The number of fused-ring (bicyclic) bond motifs is 1. The van der Waals surface area contributed by atoms with E-state index in [1.165, 1.54) is 18.2 Å². The minimum absolute atomic E-state index is 0.0146. The fourth-order valence-electron chi connectivity index (χ4n) is 2.59. The quantitative estimate of drug-likeness (QED) is 0.547. The van der Waals surface area contributed by atoms with E-state index in [-0.39, 0.29) is 5.69 Å². The Morgan fingerprint density at radius 3 is 2.48 bits per heavy atom. The molecule has 0 atom stereocenters. The predicted molar refractivity (Wildman–Crippen MR) is 97.0 cm³/mol. The lowest BCUT2D eigenvalue weighted by Crippen LogP contribution is -2.20. The first-order chi connectivity index (χ1) is 11.9. The Morgan fingerprint density at radius 2 is 1.76 bits per heavy atom. The summed E-state index contributed by atoms with van der Waals surface area (Å²) in [5.41, 5.74) is 3.35. The van der Waals surface area contributed by atoms with E-state index >= 15 is 0 Å². The van der Waals surface area contributed by atoms with Gasteiger partial charge in [0.2, 0.25) is 0 Å². The summed E-state index contributed by atoms with van der Waals surface area (Å²) >= 11 is 0. The van der Waals surface area contributed by atoms with Crippen LogP contribution < -0.4 is 10.6 Å². The van der Waals surface area contributed by atoms with Crippen molar-refractivity contribution in [2.75, 3.05) is 10.6 Å². The maximum atomic E-state index is 12.3. The molecule has 0 aliphatic rings. The fraction of sp³-hybridized carbons (Fsp3) is 0.111. The van der Waals surface area contributed by atoms with E-state index in [0.29, 0.717) is 16.9 Å². The average molecular weight is 336 g/mol. The second-order valence-electron chi connectivity index (χ2n) is 5.66. The number of amides is 2. The molecule has 0 fully saturated rings. The van der Waals surface area contributed by atoms with Crippen LogP contribution in [-0.2, 0) is 0 Å². The van der Waals surface area contributed by atoms with Crippen LogP contribution in [0.15, 0.2) is 48.5 Å². The number of hydrogen-bond acceptors (Lipinski definition) is 4. The molecular formula is C18H16N4O3. The van der Waals surface area contributed by atoms with Crippen molar-refractivity contribution >= 4 is 34.0 Å². The Morgan fingerprint density at radius 1 is 1.04 bits per heavy atom. The van der Waals surface area contributed by atoms with Crippen LogP contribution in [-0.4, -0.2) is 15.9 Å². The third kappa shape index (κ3) is 3.55. The van der Waals surface area contributed by atoms with Crippen LogP contribution in [0.1, 0.15) is 11.3 Å². The summed E-state index contributed by atoms with van der Waals surface area (Å²) in [5.74, 6) is 0.